The molecule has 1 N–H and O–H groups in total. The Bertz CT molecular complexity index is 1810. The fraction of sp³-hybridized carbons (Fsp3) is 0.513. The number of oxazole rings is 1. The second-order valence-electron chi connectivity index (χ2n) is 13.7. The van der Waals surface area contributed by atoms with E-state index in [9.17, 15) is 0 Å². The molecule has 11 nitrogen and oxygen atoms in total. The van der Waals surface area contributed by atoms with Crippen molar-refractivity contribution < 1.29 is 4.42 Å². The SMILES string of the molecule is C=C1CN(c2nc(N(CCCC)Cc3ccc(C(=C)Cl)cc3)nc3c(N4CCc5oc(C)nc5C4)nc(N(CCCC)CCCC)nc23)CCN1. The third-order valence-corrected chi connectivity index (χ3v) is 9.82. The lowest BCUT2D eigenvalue weighted by Crippen LogP contribution is -2.42. The number of nitrogens with one attached hydrogen (secondary N) is 1. The predicted molar refractivity (Wildman–Crippen MR) is 210 cm³/mol. The molecular formula is C39H53ClN10O. The molecule has 2 aliphatic rings. The standard InChI is InChI=1S/C39H53ClN10O/c1-7-10-19-47(20-11-8-2)38-43-35-34(36(45-38)48-22-17-33-32(26-48)42-29(6)51-33)44-39(46-37(35)49-23-18-41-27(4)24-49)50(21-12-9-3)25-30-13-15-31(16-14-30)28(5)40/h13-16,41H,4-5,7-12,17-26H2,1-3,6H3. The summed E-state index contributed by atoms with van der Waals surface area (Å²) in [7, 11) is 0. The number of aromatic nitrogens is 5. The first-order chi connectivity index (χ1) is 24.8. The number of unbranched alkanes of at least 4 members (excludes halogenated alkanes) is 3. The van der Waals surface area contributed by atoms with Gasteiger partial charge in [0.1, 0.15) is 22.5 Å². The van der Waals surface area contributed by atoms with Crippen molar-refractivity contribution in [2.45, 2.75) is 85.7 Å². The molecule has 5 heterocycles. The van der Waals surface area contributed by atoms with Crippen molar-refractivity contribution in [1.29, 1.82) is 0 Å². The average Bonchev–Trinajstić information content (AvgIpc) is 3.52. The van der Waals surface area contributed by atoms with E-state index in [4.69, 9.17) is 40.9 Å². The molecule has 4 aromatic rings. The van der Waals surface area contributed by atoms with Crippen LogP contribution in [0.5, 0.6) is 0 Å². The summed E-state index contributed by atoms with van der Waals surface area (Å²) in [6, 6.07) is 8.26. The molecule has 3 aromatic heterocycles. The number of benzene rings is 1. The summed E-state index contributed by atoms with van der Waals surface area (Å²) in [5.74, 6) is 4.69. The van der Waals surface area contributed by atoms with E-state index in [1.807, 2.05) is 19.1 Å². The maximum atomic E-state index is 6.20. The van der Waals surface area contributed by atoms with Gasteiger partial charge in [-0.3, -0.25) is 0 Å². The molecule has 0 bridgehead atoms. The molecule has 51 heavy (non-hydrogen) atoms. The first kappa shape index (κ1) is 36.4. The van der Waals surface area contributed by atoms with Gasteiger partial charge in [-0.15, -0.1) is 0 Å². The smallest absolute Gasteiger partial charge is 0.228 e. The number of hydrogen-bond acceptors (Lipinski definition) is 11. The van der Waals surface area contributed by atoms with Gasteiger partial charge >= 0.3 is 0 Å². The Labute approximate surface area is 307 Å². The van der Waals surface area contributed by atoms with Crippen LogP contribution in [0.4, 0.5) is 23.5 Å². The highest BCUT2D eigenvalue weighted by Gasteiger charge is 2.30. The Balaban J connectivity index is 1.54. The minimum absolute atomic E-state index is 0.532. The molecule has 1 aromatic carbocycles. The van der Waals surface area contributed by atoms with Crippen LogP contribution in [0.3, 0.4) is 0 Å². The zero-order valence-corrected chi connectivity index (χ0v) is 31.6. The van der Waals surface area contributed by atoms with Crippen molar-refractivity contribution in [1.82, 2.24) is 30.2 Å². The second-order valence-corrected chi connectivity index (χ2v) is 14.1. The number of nitrogens with zero attached hydrogens (tertiary/aromatic N) is 9. The Morgan fingerprint density at radius 3 is 2.00 bits per heavy atom. The molecule has 0 unspecified atom stereocenters. The van der Waals surface area contributed by atoms with Gasteiger partial charge in [-0.25, -0.2) is 15.0 Å². The summed E-state index contributed by atoms with van der Waals surface area (Å²) in [5, 5.41) is 3.95. The third-order valence-electron chi connectivity index (χ3n) is 9.61. The maximum absolute atomic E-state index is 6.20. The largest absolute Gasteiger partial charge is 0.446 e. The highest BCUT2D eigenvalue weighted by Crippen LogP contribution is 2.36. The lowest BCUT2D eigenvalue weighted by Gasteiger charge is -2.33. The molecule has 0 spiro atoms. The van der Waals surface area contributed by atoms with Gasteiger partial charge in [-0.2, -0.15) is 9.97 Å². The van der Waals surface area contributed by atoms with E-state index in [1.165, 1.54) is 0 Å². The second kappa shape index (κ2) is 16.8. The molecule has 0 amide bonds. The van der Waals surface area contributed by atoms with Crippen LogP contribution in [0.15, 0.2) is 47.5 Å². The van der Waals surface area contributed by atoms with Gasteiger partial charge in [0.2, 0.25) is 11.9 Å². The monoisotopic (exact) mass is 712 g/mol. The van der Waals surface area contributed by atoms with Crippen LogP contribution in [0.25, 0.3) is 16.1 Å². The van der Waals surface area contributed by atoms with Crippen LogP contribution in [-0.2, 0) is 19.5 Å². The van der Waals surface area contributed by atoms with Crippen molar-refractivity contribution in [3.8, 4) is 0 Å². The normalized spacial score (nSPS) is 14.5. The number of rotatable bonds is 16. The summed E-state index contributed by atoms with van der Waals surface area (Å²) >= 11 is 6.20. The summed E-state index contributed by atoms with van der Waals surface area (Å²) in [5.41, 5.74) is 5.52. The molecular weight excluding hydrogens is 660 g/mol. The first-order valence-corrected chi connectivity index (χ1v) is 19.1. The highest BCUT2D eigenvalue weighted by atomic mass is 35.5. The minimum atomic E-state index is 0.532. The van der Waals surface area contributed by atoms with E-state index >= 15 is 0 Å². The number of piperazine rings is 1. The van der Waals surface area contributed by atoms with E-state index in [1.54, 1.807) is 0 Å². The number of anilines is 4. The number of aryl methyl sites for hydroxylation is 1. The fourth-order valence-electron chi connectivity index (χ4n) is 6.73. The van der Waals surface area contributed by atoms with Crippen molar-refractivity contribution in [2.24, 2.45) is 0 Å². The van der Waals surface area contributed by atoms with Gasteiger partial charge in [-0.05, 0) is 30.4 Å². The molecule has 2 aliphatic heterocycles. The minimum Gasteiger partial charge on any atom is -0.446 e. The van der Waals surface area contributed by atoms with Crippen molar-refractivity contribution in [3.05, 3.63) is 71.6 Å². The molecule has 12 heteroatoms. The van der Waals surface area contributed by atoms with Crippen LogP contribution < -0.4 is 24.9 Å². The zero-order valence-electron chi connectivity index (χ0n) is 30.8. The quantitative estimate of drug-likeness (QED) is 0.124. The van der Waals surface area contributed by atoms with Gasteiger partial charge in [0.15, 0.2) is 17.5 Å². The Morgan fingerprint density at radius 2 is 1.41 bits per heavy atom. The summed E-state index contributed by atoms with van der Waals surface area (Å²) in [6.07, 6.45) is 7.14. The van der Waals surface area contributed by atoms with E-state index < -0.39 is 0 Å². The number of hydrogen-bond donors (Lipinski definition) is 1. The van der Waals surface area contributed by atoms with Crippen LogP contribution in [-0.4, -0.2) is 70.7 Å². The Hall–Kier alpha value is -4.38. The summed E-state index contributed by atoms with van der Waals surface area (Å²) < 4.78 is 5.96. The van der Waals surface area contributed by atoms with E-state index in [-0.39, 0.29) is 0 Å². The average molecular weight is 713 g/mol. The van der Waals surface area contributed by atoms with Crippen molar-refractivity contribution >= 4 is 51.2 Å². The highest BCUT2D eigenvalue weighted by molar-refractivity contribution is 6.48. The van der Waals surface area contributed by atoms with Gasteiger partial charge < -0.3 is 29.3 Å². The lowest BCUT2D eigenvalue weighted by molar-refractivity contribution is 0.463. The van der Waals surface area contributed by atoms with E-state index in [2.05, 4.69) is 71.0 Å². The first-order valence-electron chi connectivity index (χ1n) is 18.7. The maximum Gasteiger partial charge on any atom is 0.228 e. The van der Waals surface area contributed by atoms with Gasteiger partial charge in [0, 0.05) is 69.9 Å². The fourth-order valence-corrected chi connectivity index (χ4v) is 6.85. The summed E-state index contributed by atoms with van der Waals surface area (Å²) in [6.45, 7) is 23.5. The third kappa shape index (κ3) is 8.57. The Morgan fingerprint density at radius 1 is 0.824 bits per heavy atom. The lowest BCUT2D eigenvalue weighted by atomic mass is 10.1. The van der Waals surface area contributed by atoms with Gasteiger partial charge in [0.05, 0.1) is 13.1 Å². The molecule has 0 aliphatic carbocycles. The van der Waals surface area contributed by atoms with Crippen LogP contribution >= 0.6 is 11.6 Å². The topological polar surface area (TPSA) is 103 Å². The van der Waals surface area contributed by atoms with Crippen LogP contribution in [0, 0.1) is 6.92 Å². The number of fused-ring (bicyclic) bond motifs is 2. The van der Waals surface area contributed by atoms with Crippen LogP contribution in [0.1, 0.15) is 87.8 Å². The van der Waals surface area contributed by atoms with Gasteiger partial charge in [-0.1, -0.05) is 89.1 Å². The number of halogens is 1. The molecule has 0 atom stereocenters. The molecule has 0 radical (unpaired) electrons. The van der Waals surface area contributed by atoms with Crippen molar-refractivity contribution in [3.63, 3.8) is 0 Å². The molecule has 6 rings (SSSR count). The Kier molecular flexibility index (Phi) is 12.0. The molecule has 0 saturated carbocycles. The van der Waals surface area contributed by atoms with E-state index in [0.29, 0.717) is 36.5 Å². The molecule has 1 saturated heterocycles. The zero-order chi connectivity index (χ0) is 35.9. The summed E-state index contributed by atoms with van der Waals surface area (Å²) in [4.78, 5) is 35.5. The molecule has 272 valence electrons. The van der Waals surface area contributed by atoms with E-state index in [0.717, 1.165) is 141 Å². The van der Waals surface area contributed by atoms with Gasteiger partial charge in [0.25, 0.3) is 0 Å². The molecule has 1 fully saturated rings. The predicted octanol–water partition coefficient (Wildman–Crippen LogP) is 7.63. The van der Waals surface area contributed by atoms with Crippen LogP contribution in [0.2, 0.25) is 0 Å². The van der Waals surface area contributed by atoms with Crippen molar-refractivity contribution in [2.75, 3.05) is 65.4 Å².